The Bertz CT molecular complexity index is 564. The van der Waals surface area contributed by atoms with E-state index in [4.69, 9.17) is 10.5 Å². The number of aldehydes is 1. The summed E-state index contributed by atoms with van der Waals surface area (Å²) in [5.41, 5.74) is 9.40. The lowest BCUT2D eigenvalue weighted by Gasteiger charge is -2.10. The summed E-state index contributed by atoms with van der Waals surface area (Å²) in [6, 6.07) is 13.3. The first-order valence-corrected chi connectivity index (χ1v) is 5.71. The van der Waals surface area contributed by atoms with Gasteiger partial charge in [-0.15, -0.1) is 0 Å². The van der Waals surface area contributed by atoms with Gasteiger partial charge in [0.2, 0.25) is 0 Å². The second-order valence-corrected chi connectivity index (χ2v) is 4.03. The third-order valence-corrected chi connectivity index (χ3v) is 2.78. The number of ether oxygens (including phenoxy) is 1. The molecule has 2 aromatic rings. The molecule has 3 heteroatoms. The van der Waals surface area contributed by atoms with Crippen LogP contribution in [-0.4, -0.2) is 13.4 Å². The third kappa shape index (κ3) is 2.51. The van der Waals surface area contributed by atoms with Crippen molar-refractivity contribution >= 4 is 12.0 Å². The smallest absolute Gasteiger partial charge is 0.126 e. The number of nitrogen functional groups attached to an aromatic ring is 1. The van der Waals surface area contributed by atoms with Crippen molar-refractivity contribution in [2.24, 2.45) is 0 Å². The van der Waals surface area contributed by atoms with E-state index in [1.54, 1.807) is 13.2 Å². The highest BCUT2D eigenvalue weighted by Crippen LogP contribution is 2.32. The van der Waals surface area contributed by atoms with Crippen molar-refractivity contribution in [3.05, 3.63) is 48.0 Å². The average Bonchev–Trinajstić information content (AvgIpc) is 2.39. The van der Waals surface area contributed by atoms with Gasteiger partial charge in [-0.05, 0) is 29.3 Å². The summed E-state index contributed by atoms with van der Waals surface area (Å²) in [6.45, 7) is 0. The van der Waals surface area contributed by atoms with Crippen LogP contribution in [0, 0.1) is 0 Å². The van der Waals surface area contributed by atoms with Crippen LogP contribution in [0.4, 0.5) is 5.69 Å². The first-order valence-electron chi connectivity index (χ1n) is 5.71. The fourth-order valence-corrected chi connectivity index (χ4v) is 1.91. The molecule has 0 aliphatic rings. The van der Waals surface area contributed by atoms with Crippen LogP contribution >= 0.6 is 0 Å². The molecule has 2 rings (SSSR count). The molecule has 2 N–H and O–H groups in total. The summed E-state index contributed by atoms with van der Waals surface area (Å²) in [7, 11) is 1.63. The Morgan fingerprint density at radius 3 is 2.78 bits per heavy atom. The molecule has 0 aliphatic heterocycles. The van der Waals surface area contributed by atoms with Crippen LogP contribution in [0.1, 0.15) is 5.56 Å². The van der Waals surface area contributed by atoms with Gasteiger partial charge < -0.3 is 15.3 Å². The third-order valence-electron chi connectivity index (χ3n) is 2.78. The van der Waals surface area contributed by atoms with Crippen LogP contribution in [0.5, 0.6) is 5.75 Å². The molecule has 0 fully saturated rings. The van der Waals surface area contributed by atoms with Gasteiger partial charge in [-0.1, -0.05) is 24.3 Å². The summed E-state index contributed by atoms with van der Waals surface area (Å²) >= 11 is 0. The number of carbonyl (C=O) groups is 1. The van der Waals surface area contributed by atoms with E-state index in [0.29, 0.717) is 12.1 Å². The molecule has 0 saturated heterocycles. The molecular weight excluding hydrogens is 226 g/mol. The van der Waals surface area contributed by atoms with Gasteiger partial charge in [-0.2, -0.15) is 0 Å². The summed E-state index contributed by atoms with van der Waals surface area (Å²) < 4.78 is 5.33. The second-order valence-electron chi connectivity index (χ2n) is 4.03. The molecule has 0 bridgehead atoms. The van der Waals surface area contributed by atoms with E-state index in [2.05, 4.69) is 0 Å². The Balaban J connectivity index is 2.50. The molecule has 0 aromatic heterocycles. The van der Waals surface area contributed by atoms with Crippen molar-refractivity contribution in [1.29, 1.82) is 0 Å². The predicted octanol–water partition coefficient (Wildman–Crippen LogP) is 2.69. The maximum absolute atomic E-state index is 10.6. The highest BCUT2D eigenvalue weighted by atomic mass is 16.5. The molecule has 2 aromatic carbocycles. The molecular formula is C15H15NO2. The number of nitrogens with two attached hydrogens (primary N) is 1. The Labute approximate surface area is 106 Å². The predicted molar refractivity (Wildman–Crippen MR) is 72.6 cm³/mol. The van der Waals surface area contributed by atoms with E-state index in [1.807, 2.05) is 36.4 Å². The fourth-order valence-electron chi connectivity index (χ4n) is 1.91. The van der Waals surface area contributed by atoms with Crippen LogP contribution in [0.2, 0.25) is 0 Å². The molecule has 0 aliphatic carbocycles. The highest BCUT2D eigenvalue weighted by molar-refractivity contribution is 5.74. The Hall–Kier alpha value is -2.29. The molecule has 0 spiro atoms. The number of carbonyl (C=O) groups excluding carboxylic acids is 1. The molecule has 0 heterocycles. The Kier molecular flexibility index (Phi) is 3.63. The number of hydrogen-bond acceptors (Lipinski definition) is 3. The van der Waals surface area contributed by atoms with Crippen LogP contribution in [0.15, 0.2) is 42.5 Å². The van der Waals surface area contributed by atoms with Crippen LogP contribution in [-0.2, 0) is 11.2 Å². The summed E-state index contributed by atoms with van der Waals surface area (Å²) in [5.74, 6) is 0.771. The van der Waals surface area contributed by atoms with Gasteiger partial charge in [0.15, 0.2) is 0 Å². The standard InChI is InChI=1S/C15H15NO2/c1-18-15-6-5-13(16)10-14(15)12-4-2-3-11(9-12)7-8-17/h2-6,8-10H,7,16H2,1H3. The lowest BCUT2D eigenvalue weighted by molar-refractivity contribution is -0.107. The van der Waals surface area contributed by atoms with E-state index >= 15 is 0 Å². The molecule has 0 amide bonds. The zero-order chi connectivity index (χ0) is 13.0. The molecule has 0 unspecified atom stereocenters. The first-order chi connectivity index (χ1) is 8.74. The van der Waals surface area contributed by atoms with Crippen molar-refractivity contribution in [3.63, 3.8) is 0 Å². The first kappa shape index (κ1) is 12.2. The molecule has 3 nitrogen and oxygen atoms in total. The summed E-state index contributed by atoms with van der Waals surface area (Å²) in [6.07, 6.45) is 1.31. The number of methoxy groups -OCH3 is 1. The molecule has 0 radical (unpaired) electrons. The monoisotopic (exact) mass is 241 g/mol. The van der Waals surface area contributed by atoms with Crippen molar-refractivity contribution in [2.45, 2.75) is 6.42 Å². The lowest BCUT2D eigenvalue weighted by atomic mass is 10.0. The quantitative estimate of drug-likeness (QED) is 0.661. The molecule has 18 heavy (non-hydrogen) atoms. The lowest BCUT2D eigenvalue weighted by Crippen LogP contribution is -1.92. The Morgan fingerprint density at radius 2 is 2.06 bits per heavy atom. The zero-order valence-electron chi connectivity index (χ0n) is 10.2. The van der Waals surface area contributed by atoms with Gasteiger partial charge in [-0.25, -0.2) is 0 Å². The number of anilines is 1. The van der Waals surface area contributed by atoms with Gasteiger partial charge in [0.25, 0.3) is 0 Å². The van der Waals surface area contributed by atoms with Crippen molar-refractivity contribution in [1.82, 2.24) is 0 Å². The van der Waals surface area contributed by atoms with Crippen LogP contribution < -0.4 is 10.5 Å². The van der Waals surface area contributed by atoms with Gasteiger partial charge in [0.1, 0.15) is 12.0 Å². The average molecular weight is 241 g/mol. The Morgan fingerprint density at radius 1 is 1.22 bits per heavy atom. The molecule has 0 atom stereocenters. The maximum atomic E-state index is 10.6. The van der Waals surface area contributed by atoms with Gasteiger partial charge in [0.05, 0.1) is 7.11 Å². The second kappa shape index (κ2) is 5.36. The fraction of sp³-hybridized carbons (Fsp3) is 0.133. The van der Waals surface area contributed by atoms with Gasteiger partial charge in [0, 0.05) is 17.7 Å². The summed E-state index contributed by atoms with van der Waals surface area (Å²) in [4.78, 5) is 10.6. The number of hydrogen-bond donors (Lipinski definition) is 1. The number of rotatable bonds is 4. The van der Waals surface area contributed by atoms with E-state index in [1.165, 1.54) is 0 Å². The normalized spacial score (nSPS) is 10.1. The minimum atomic E-state index is 0.415. The van der Waals surface area contributed by atoms with Crippen LogP contribution in [0.25, 0.3) is 11.1 Å². The number of benzene rings is 2. The van der Waals surface area contributed by atoms with Gasteiger partial charge in [-0.3, -0.25) is 0 Å². The topological polar surface area (TPSA) is 52.3 Å². The largest absolute Gasteiger partial charge is 0.496 e. The zero-order valence-corrected chi connectivity index (χ0v) is 10.2. The molecule has 0 saturated carbocycles. The maximum Gasteiger partial charge on any atom is 0.126 e. The van der Waals surface area contributed by atoms with E-state index in [0.717, 1.165) is 28.7 Å². The van der Waals surface area contributed by atoms with Crippen molar-refractivity contribution < 1.29 is 9.53 Å². The highest BCUT2D eigenvalue weighted by Gasteiger charge is 2.06. The molecule has 92 valence electrons. The van der Waals surface area contributed by atoms with Gasteiger partial charge >= 0.3 is 0 Å². The minimum Gasteiger partial charge on any atom is -0.496 e. The summed E-state index contributed by atoms with van der Waals surface area (Å²) in [5, 5.41) is 0. The van der Waals surface area contributed by atoms with E-state index < -0.39 is 0 Å². The van der Waals surface area contributed by atoms with Crippen LogP contribution in [0.3, 0.4) is 0 Å². The van der Waals surface area contributed by atoms with Crippen molar-refractivity contribution in [2.75, 3.05) is 12.8 Å². The van der Waals surface area contributed by atoms with E-state index in [9.17, 15) is 4.79 Å². The minimum absolute atomic E-state index is 0.415. The SMILES string of the molecule is COc1ccc(N)cc1-c1cccc(CC=O)c1. The van der Waals surface area contributed by atoms with Crippen molar-refractivity contribution in [3.8, 4) is 16.9 Å². The van der Waals surface area contributed by atoms with E-state index in [-0.39, 0.29) is 0 Å².